The van der Waals surface area contributed by atoms with Crippen LogP contribution in [0.15, 0.2) is 0 Å². The molecule has 0 saturated carbocycles. The molecule has 0 unspecified atom stereocenters. The average molecular weight is 245 g/mol. The summed E-state index contributed by atoms with van der Waals surface area (Å²) in [5.41, 5.74) is 0. The monoisotopic (exact) mass is 245 g/mol. The molecule has 1 N–H and O–H groups in total. The van der Waals surface area contributed by atoms with Gasteiger partial charge in [-0.1, -0.05) is 0 Å². The molecule has 100 valence electrons. The minimum absolute atomic E-state index is 0.158. The number of nitrogens with zero attached hydrogens (tertiary/aromatic N) is 1. The third kappa shape index (κ3) is 11.2. The number of hydrogen-bond acceptors (Lipinski definition) is 4. The van der Waals surface area contributed by atoms with Gasteiger partial charge in [0.05, 0.1) is 7.11 Å². The van der Waals surface area contributed by atoms with Gasteiger partial charge in [0.25, 0.3) is 0 Å². The van der Waals surface area contributed by atoms with Crippen LogP contribution in [0.2, 0.25) is 0 Å². The van der Waals surface area contributed by atoms with E-state index in [1.165, 1.54) is 7.11 Å². The number of ether oxygens (including phenoxy) is 1. The molecule has 0 aliphatic carbocycles. The quantitative estimate of drug-likeness (QED) is 0.467. The summed E-state index contributed by atoms with van der Waals surface area (Å²) in [5, 5.41) is 8.47. The van der Waals surface area contributed by atoms with Crippen LogP contribution < -0.4 is 0 Å². The van der Waals surface area contributed by atoms with Crippen molar-refractivity contribution in [1.82, 2.24) is 4.90 Å². The largest absolute Gasteiger partial charge is 0.481 e. The average Bonchev–Trinajstić information content (AvgIpc) is 2.29. The van der Waals surface area contributed by atoms with Crippen molar-refractivity contribution in [1.29, 1.82) is 0 Å². The van der Waals surface area contributed by atoms with Crippen LogP contribution in [0.5, 0.6) is 0 Å². The molecule has 0 spiro atoms. The second-order valence-electron chi connectivity index (χ2n) is 4.19. The first kappa shape index (κ1) is 15.9. The molecule has 5 heteroatoms. The Bertz CT molecular complexity index is 231. The summed E-state index contributed by atoms with van der Waals surface area (Å²) >= 11 is 0. The highest BCUT2D eigenvalue weighted by atomic mass is 16.5. The van der Waals surface area contributed by atoms with Crippen molar-refractivity contribution >= 4 is 11.9 Å². The first-order valence-electron chi connectivity index (χ1n) is 6.03. The van der Waals surface area contributed by atoms with E-state index in [1.54, 1.807) is 0 Å². The zero-order valence-corrected chi connectivity index (χ0v) is 10.8. The molecular weight excluding hydrogens is 222 g/mol. The second-order valence-corrected chi connectivity index (χ2v) is 4.19. The van der Waals surface area contributed by atoms with Crippen LogP contribution in [0.3, 0.4) is 0 Å². The van der Waals surface area contributed by atoms with Gasteiger partial charge in [-0.15, -0.1) is 0 Å². The maximum absolute atomic E-state index is 10.8. The number of methoxy groups -OCH3 is 1. The van der Waals surface area contributed by atoms with Gasteiger partial charge in [0, 0.05) is 12.8 Å². The van der Waals surface area contributed by atoms with E-state index in [2.05, 4.69) is 9.64 Å². The van der Waals surface area contributed by atoms with E-state index >= 15 is 0 Å². The summed E-state index contributed by atoms with van der Waals surface area (Å²) in [6.07, 6.45) is 4.15. The van der Waals surface area contributed by atoms with Crippen LogP contribution in [0.4, 0.5) is 0 Å². The van der Waals surface area contributed by atoms with Gasteiger partial charge in [-0.25, -0.2) is 0 Å². The van der Waals surface area contributed by atoms with E-state index in [9.17, 15) is 9.59 Å². The summed E-state index contributed by atoms with van der Waals surface area (Å²) in [4.78, 5) is 23.3. The number of carboxylic acid groups (broad SMARTS) is 1. The predicted octanol–water partition coefficient (Wildman–Crippen LogP) is 1.52. The summed E-state index contributed by atoms with van der Waals surface area (Å²) in [5.74, 6) is -0.889. The predicted molar refractivity (Wildman–Crippen MR) is 64.9 cm³/mol. The van der Waals surface area contributed by atoms with Gasteiger partial charge in [-0.2, -0.15) is 0 Å². The van der Waals surface area contributed by atoms with Crippen molar-refractivity contribution < 1.29 is 19.4 Å². The SMILES string of the molecule is COC(=O)CCCCN(C)CCCCC(=O)O. The summed E-state index contributed by atoms with van der Waals surface area (Å²) < 4.78 is 4.55. The fourth-order valence-corrected chi connectivity index (χ4v) is 1.52. The molecule has 0 aromatic carbocycles. The lowest BCUT2D eigenvalue weighted by atomic mass is 10.2. The molecule has 0 saturated heterocycles. The van der Waals surface area contributed by atoms with E-state index in [0.717, 1.165) is 38.8 Å². The number of carbonyl (C=O) groups is 2. The maximum Gasteiger partial charge on any atom is 0.305 e. The molecule has 0 aliphatic heterocycles. The fraction of sp³-hybridized carbons (Fsp3) is 0.833. The lowest BCUT2D eigenvalue weighted by molar-refractivity contribution is -0.140. The van der Waals surface area contributed by atoms with Gasteiger partial charge in [0.15, 0.2) is 0 Å². The zero-order valence-electron chi connectivity index (χ0n) is 10.8. The van der Waals surface area contributed by atoms with E-state index in [0.29, 0.717) is 6.42 Å². The normalized spacial score (nSPS) is 10.5. The molecule has 0 aromatic heterocycles. The Morgan fingerprint density at radius 2 is 1.59 bits per heavy atom. The lowest BCUT2D eigenvalue weighted by Gasteiger charge is -2.15. The number of carbonyl (C=O) groups excluding carboxylic acids is 1. The minimum Gasteiger partial charge on any atom is -0.481 e. The summed E-state index contributed by atoms with van der Waals surface area (Å²) in [6.45, 7) is 1.84. The standard InChI is InChI=1S/C12H23NO4/c1-13(9-5-3-7-11(14)15)10-6-4-8-12(16)17-2/h3-10H2,1-2H3,(H,14,15). The van der Waals surface area contributed by atoms with Crippen LogP contribution in [-0.4, -0.2) is 49.2 Å². The summed E-state index contributed by atoms with van der Waals surface area (Å²) in [7, 11) is 3.41. The lowest BCUT2D eigenvalue weighted by Crippen LogP contribution is -2.21. The Morgan fingerprint density at radius 1 is 1.06 bits per heavy atom. The number of hydrogen-bond donors (Lipinski definition) is 1. The molecule has 0 radical (unpaired) electrons. The maximum atomic E-state index is 10.8. The third-order valence-corrected chi connectivity index (χ3v) is 2.58. The van der Waals surface area contributed by atoms with Gasteiger partial charge in [0.1, 0.15) is 0 Å². The minimum atomic E-state index is -0.731. The van der Waals surface area contributed by atoms with Crippen LogP contribution in [0, 0.1) is 0 Å². The van der Waals surface area contributed by atoms with Crippen molar-refractivity contribution in [2.75, 3.05) is 27.2 Å². The smallest absolute Gasteiger partial charge is 0.305 e. The molecule has 0 aliphatic rings. The van der Waals surface area contributed by atoms with Crippen molar-refractivity contribution in [3.63, 3.8) is 0 Å². The van der Waals surface area contributed by atoms with Crippen LogP contribution >= 0.6 is 0 Å². The molecule has 0 atom stereocenters. The first-order valence-corrected chi connectivity index (χ1v) is 6.03. The number of esters is 1. The van der Waals surface area contributed by atoms with Gasteiger partial charge < -0.3 is 14.7 Å². The van der Waals surface area contributed by atoms with Gasteiger partial charge >= 0.3 is 11.9 Å². The van der Waals surface area contributed by atoms with E-state index in [4.69, 9.17) is 5.11 Å². The number of rotatable bonds is 10. The van der Waals surface area contributed by atoms with E-state index in [-0.39, 0.29) is 12.4 Å². The highest BCUT2D eigenvalue weighted by molar-refractivity contribution is 5.69. The Morgan fingerprint density at radius 3 is 2.06 bits per heavy atom. The van der Waals surface area contributed by atoms with Crippen molar-refractivity contribution in [2.24, 2.45) is 0 Å². The molecule has 5 nitrogen and oxygen atoms in total. The van der Waals surface area contributed by atoms with Gasteiger partial charge in [-0.3, -0.25) is 9.59 Å². The first-order chi connectivity index (χ1) is 8.06. The number of carboxylic acids is 1. The Kier molecular flexibility index (Phi) is 9.43. The fourth-order valence-electron chi connectivity index (χ4n) is 1.52. The highest BCUT2D eigenvalue weighted by Crippen LogP contribution is 2.01. The van der Waals surface area contributed by atoms with E-state index in [1.807, 2.05) is 7.05 Å². The molecule has 0 aromatic rings. The van der Waals surface area contributed by atoms with Crippen molar-refractivity contribution in [3.05, 3.63) is 0 Å². The Labute approximate surface area is 103 Å². The molecule has 17 heavy (non-hydrogen) atoms. The zero-order chi connectivity index (χ0) is 13.1. The van der Waals surface area contributed by atoms with Crippen molar-refractivity contribution in [2.45, 2.75) is 38.5 Å². The second kappa shape index (κ2) is 10.1. The van der Waals surface area contributed by atoms with Crippen LogP contribution in [-0.2, 0) is 14.3 Å². The topological polar surface area (TPSA) is 66.8 Å². The molecular formula is C12H23NO4. The molecule has 0 amide bonds. The molecule has 0 bridgehead atoms. The molecule has 0 fully saturated rings. The molecule has 0 rings (SSSR count). The molecule has 0 heterocycles. The third-order valence-electron chi connectivity index (χ3n) is 2.58. The van der Waals surface area contributed by atoms with Gasteiger partial charge in [0.2, 0.25) is 0 Å². The van der Waals surface area contributed by atoms with Crippen LogP contribution in [0.25, 0.3) is 0 Å². The Balaban J connectivity index is 3.31. The summed E-state index contributed by atoms with van der Waals surface area (Å²) in [6, 6.07) is 0. The van der Waals surface area contributed by atoms with Gasteiger partial charge in [-0.05, 0) is 45.8 Å². The van der Waals surface area contributed by atoms with Crippen molar-refractivity contribution in [3.8, 4) is 0 Å². The van der Waals surface area contributed by atoms with E-state index < -0.39 is 5.97 Å². The Hall–Kier alpha value is -1.10. The highest BCUT2D eigenvalue weighted by Gasteiger charge is 2.02. The van der Waals surface area contributed by atoms with Crippen LogP contribution in [0.1, 0.15) is 38.5 Å². The number of aliphatic carboxylic acids is 1. The number of unbranched alkanes of at least 4 members (excludes halogenated alkanes) is 2.